The number of carbonyl (C=O) groups is 3. The molecule has 3 aromatic rings. The third-order valence-corrected chi connectivity index (χ3v) is 5.36. The number of nitrogens with two attached hydrogens (primary N) is 3. The molecule has 10 N–H and O–H groups in total. The molecule has 0 radical (unpaired) electrons. The average Bonchev–Trinajstić information content (AvgIpc) is 3.28. The maximum atomic E-state index is 13.0. The number of amides is 4. The Balaban J connectivity index is 1.63. The molecule has 0 aliphatic carbocycles. The molecule has 2 aromatic carbocycles. The Labute approximate surface area is 202 Å². The average molecular weight is 479 g/mol. The van der Waals surface area contributed by atoms with Crippen LogP contribution >= 0.6 is 0 Å². The topological polar surface area (TPSA) is 194 Å². The number of guanidine groups is 1. The lowest BCUT2D eigenvalue weighted by Gasteiger charge is -2.18. The van der Waals surface area contributed by atoms with Crippen LogP contribution in [0, 0.1) is 0 Å². The third kappa shape index (κ3) is 7.49. The van der Waals surface area contributed by atoms with Gasteiger partial charge >= 0.3 is 6.03 Å². The molecule has 35 heavy (non-hydrogen) atoms. The molecular formula is C24H30N8O3. The van der Waals surface area contributed by atoms with Crippen molar-refractivity contribution in [2.75, 3.05) is 6.54 Å². The van der Waals surface area contributed by atoms with Crippen molar-refractivity contribution in [2.45, 2.75) is 32.0 Å². The van der Waals surface area contributed by atoms with Crippen molar-refractivity contribution < 1.29 is 14.4 Å². The summed E-state index contributed by atoms with van der Waals surface area (Å²) in [6.45, 7) is 0.936. The lowest BCUT2D eigenvalue weighted by molar-refractivity contribution is -0.123. The second-order valence-corrected chi connectivity index (χ2v) is 7.97. The zero-order chi connectivity index (χ0) is 25.2. The van der Waals surface area contributed by atoms with Gasteiger partial charge in [0, 0.05) is 36.7 Å². The number of benzene rings is 2. The highest BCUT2D eigenvalue weighted by Crippen LogP contribution is 2.18. The van der Waals surface area contributed by atoms with E-state index in [1.807, 2.05) is 48.5 Å². The molecule has 0 saturated carbocycles. The van der Waals surface area contributed by atoms with Gasteiger partial charge in [0.1, 0.15) is 6.04 Å². The van der Waals surface area contributed by atoms with E-state index in [-0.39, 0.29) is 24.3 Å². The first-order valence-electron chi connectivity index (χ1n) is 11.1. The summed E-state index contributed by atoms with van der Waals surface area (Å²) in [7, 11) is 0. The monoisotopic (exact) mass is 478 g/mol. The summed E-state index contributed by atoms with van der Waals surface area (Å²) >= 11 is 0. The van der Waals surface area contributed by atoms with Crippen molar-refractivity contribution in [1.29, 1.82) is 0 Å². The van der Waals surface area contributed by atoms with E-state index in [4.69, 9.17) is 17.2 Å². The molecule has 3 rings (SSSR count). The van der Waals surface area contributed by atoms with Crippen LogP contribution in [0.2, 0.25) is 0 Å². The summed E-state index contributed by atoms with van der Waals surface area (Å²) in [5.41, 5.74) is 18.9. The van der Waals surface area contributed by atoms with Crippen molar-refractivity contribution in [3.8, 4) is 0 Å². The minimum atomic E-state index is -0.774. The van der Waals surface area contributed by atoms with Gasteiger partial charge in [-0.1, -0.05) is 42.5 Å². The zero-order valence-corrected chi connectivity index (χ0v) is 19.2. The van der Waals surface area contributed by atoms with Crippen LogP contribution in [0.25, 0.3) is 10.9 Å². The molecule has 184 valence electrons. The number of H-pyrrole nitrogens is 1. The van der Waals surface area contributed by atoms with Crippen molar-refractivity contribution in [2.24, 2.45) is 22.2 Å². The van der Waals surface area contributed by atoms with Gasteiger partial charge in [-0.3, -0.25) is 14.6 Å². The number of urea groups is 1. The largest absolute Gasteiger partial charge is 0.370 e. The van der Waals surface area contributed by atoms with E-state index in [1.54, 1.807) is 6.20 Å². The number of aliphatic imine (C=N–C) groups is 1. The molecule has 1 heterocycles. The van der Waals surface area contributed by atoms with E-state index in [1.165, 1.54) is 0 Å². The van der Waals surface area contributed by atoms with E-state index in [0.717, 1.165) is 22.0 Å². The maximum absolute atomic E-state index is 13.0. The molecule has 0 saturated heterocycles. The fourth-order valence-electron chi connectivity index (χ4n) is 3.54. The molecule has 4 amide bonds. The smallest absolute Gasteiger partial charge is 0.312 e. The number of nitrogens with zero attached hydrogens (tertiary/aromatic N) is 1. The molecule has 1 aromatic heterocycles. The van der Waals surface area contributed by atoms with Crippen LogP contribution < -0.4 is 33.2 Å². The molecule has 0 bridgehead atoms. The Morgan fingerprint density at radius 1 is 0.914 bits per heavy atom. The van der Waals surface area contributed by atoms with Gasteiger partial charge in [-0.2, -0.15) is 0 Å². The highest BCUT2D eigenvalue weighted by Gasteiger charge is 2.22. The van der Waals surface area contributed by atoms with Crippen LogP contribution in [0.5, 0.6) is 0 Å². The molecular weight excluding hydrogens is 448 g/mol. The third-order valence-electron chi connectivity index (χ3n) is 5.36. The van der Waals surface area contributed by atoms with Gasteiger partial charge in [0.15, 0.2) is 5.96 Å². The first-order valence-corrected chi connectivity index (χ1v) is 11.1. The predicted molar refractivity (Wildman–Crippen MR) is 134 cm³/mol. The number of rotatable bonds is 11. The summed E-state index contributed by atoms with van der Waals surface area (Å²) in [6, 6.07) is 13.4. The number of para-hydroxylation sites is 1. The number of aromatic amines is 1. The Morgan fingerprint density at radius 3 is 2.23 bits per heavy atom. The quantitative estimate of drug-likeness (QED) is 0.121. The van der Waals surface area contributed by atoms with Gasteiger partial charge in [0.25, 0.3) is 5.91 Å². The molecule has 0 unspecified atom stereocenters. The molecule has 1 atom stereocenters. The van der Waals surface area contributed by atoms with E-state index >= 15 is 0 Å². The number of nitrogens with one attached hydrogen (secondary N) is 4. The summed E-state index contributed by atoms with van der Waals surface area (Å²) in [5, 5.41) is 9.00. The van der Waals surface area contributed by atoms with Crippen LogP contribution in [0.15, 0.2) is 59.7 Å². The maximum Gasteiger partial charge on any atom is 0.312 e. The normalized spacial score (nSPS) is 11.4. The van der Waals surface area contributed by atoms with Crippen LogP contribution in [-0.4, -0.2) is 41.4 Å². The lowest BCUT2D eigenvalue weighted by atomic mass is 10.1. The minimum Gasteiger partial charge on any atom is -0.370 e. The van der Waals surface area contributed by atoms with Gasteiger partial charge < -0.3 is 38.1 Å². The highest BCUT2D eigenvalue weighted by molar-refractivity contribution is 6.07. The summed E-state index contributed by atoms with van der Waals surface area (Å²) < 4.78 is 0. The van der Waals surface area contributed by atoms with Crippen LogP contribution in [0.3, 0.4) is 0 Å². The number of hydrogen-bond donors (Lipinski definition) is 7. The minimum absolute atomic E-state index is 0.0247. The molecule has 0 spiro atoms. The van der Waals surface area contributed by atoms with Gasteiger partial charge in [-0.15, -0.1) is 0 Å². The number of fused-ring (bicyclic) bond motifs is 1. The first-order chi connectivity index (χ1) is 16.8. The van der Waals surface area contributed by atoms with Gasteiger partial charge in [-0.25, -0.2) is 4.79 Å². The SMILES string of the molecule is NC(=O)NCc1ccc(CNC(=O)[C@@H](CCCN=C(N)N)NC(=O)c2c[nH]c3ccccc23)cc1. The lowest BCUT2D eigenvalue weighted by Crippen LogP contribution is -2.46. The molecule has 11 nitrogen and oxygen atoms in total. The molecule has 0 aliphatic rings. The zero-order valence-electron chi connectivity index (χ0n) is 19.2. The number of aromatic nitrogens is 1. The van der Waals surface area contributed by atoms with Gasteiger partial charge in [-0.05, 0) is 30.0 Å². The standard InChI is InChI=1S/C24H30N8O3/c25-23(26)28-11-3-6-20(32-21(33)18-14-29-19-5-2-1-4-17(18)19)22(34)30-12-15-7-9-16(10-8-15)13-31-24(27)35/h1-2,4-5,7-10,14,20,29H,3,6,11-13H2,(H,30,34)(H,32,33)(H4,25,26,28)(H3,27,31,35)/t20-/m1/s1. The number of carbonyl (C=O) groups excluding carboxylic acids is 3. The van der Waals surface area contributed by atoms with Crippen molar-refractivity contribution in [3.05, 3.63) is 71.4 Å². The van der Waals surface area contributed by atoms with Crippen molar-refractivity contribution >= 4 is 34.7 Å². The van der Waals surface area contributed by atoms with Crippen LogP contribution in [0.1, 0.15) is 34.3 Å². The fourth-order valence-corrected chi connectivity index (χ4v) is 3.54. The molecule has 0 aliphatic heterocycles. The van der Waals surface area contributed by atoms with Crippen molar-refractivity contribution in [1.82, 2.24) is 20.9 Å². The van der Waals surface area contributed by atoms with Crippen LogP contribution in [0.4, 0.5) is 4.79 Å². The van der Waals surface area contributed by atoms with Gasteiger partial charge in [0.05, 0.1) is 5.56 Å². The number of hydrogen-bond acceptors (Lipinski definition) is 4. The summed E-state index contributed by atoms with van der Waals surface area (Å²) in [5.74, 6) is -0.693. The highest BCUT2D eigenvalue weighted by atomic mass is 16.2. The first kappa shape index (κ1) is 25.1. The predicted octanol–water partition coefficient (Wildman–Crippen LogP) is 0.805. The molecule has 11 heteroatoms. The summed E-state index contributed by atoms with van der Waals surface area (Å²) in [4.78, 5) is 43.8. The second kappa shape index (κ2) is 12.1. The number of primary amides is 1. The Hall–Kier alpha value is -4.54. The fraction of sp³-hybridized carbons (Fsp3) is 0.250. The Kier molecular flexibility index (Phi) is 8.65. The van der Waals surface area contributed by atoms with E-state index in [2.05, 4.69) is 25.9 Å². The van der Waals surface area contributed by atoms with Crippen molar-refractivity contribution in [3.63, 3.8) is 0 Å². The van der Waals surface area contributed by atoms with E-state index < -0.39 is 12.1 Å². The van der Waals surface area contributed by atoms with Crippen LogP contribution in [-0.2, 0) is 17.9 Å². The van der Waals surface area contributed by atoms with E-state index in [0.29, 0.717) is 31.5 Å². The molecule has 0 fully saturated rings. The Bertz CT molecular complexity index is 1200. The second-order valence-electron chi connectivity index (χ2n) is 7.97. The van der Waals surface area contributed by atoms with Gasteiger partial charge in [0.2, 0.25) is 5.91 Å². The summed E-state index contributed by atoms with van der Waals surface area (Å²) in [6.07, 6.45) is 2.49. The van der Waals surface area contributed by atoms with E-state index in [9.17, 15) is 14.4 Å². The Morgan fingerprint density at radius 2 is 1.57 bits per heavy atom.